The van der Waals surface area contributed by atoms with Gasteiger partial charge >= 0.3 is 0 Å². The zero-order valence-electron chi connectivity index (χ0n) is 13.7. The highest BCUT2D eigenvalue weighted by molar-refractivity contribution is 6.31. The predicted molar refractivity (Wildman–Crippen MR) is 90.6 cm³/mol. The molecule has 1 aliphatic rings. The molecule has 0 aromatic heterocycles. The first-order valence-electron chi connectivity index (χ1n) is 8.17. The van der Waals surface area contributed by atoms with Crippen molar-refractivity contribution in [2.75, 3.05) is 6.54 Å². The minimum Gasteiger partial charge on any atom is -0.489 e. The van der Waals surface area contributed by atoms with Crippen molar-refractivity contribution in [3.05, 3.63) is 28.3 Å². The second-order valence-corrected chi connectivity index (χ2v) is 7.02. The van der Waals surface area contributed by atoms with Crippen LogP contribution in [0.2, 0.25) is 5.02 Å². The molecule has 1 saturated carbocycles. The number of aryl methyl sites for hydroxylation is 1. The van der Waals surface area contributed by atoms with Gasteiger partial charge in [0, 0.05) is 17.6 Å². The van der Waals surface area contributed by atoms with Crippen LogP contribution < -0.4 is 10.1 Å². The Hall–Kier alpha value is -0.730. The van der Waals surface area contributed by atoms with Crippen LogP contribution in [0.5, 0.6) is 5.75 Å². The van der Waals surface area contributed by atoms with Crippen molar-refractivity contribution in [3.8, 4) is 5.75 Å². The number of halogens is 1. The molecule has 1 aromatic rings. The molecule has 0 radical (unpaired) electrons. The van der Waals surface area contributed by atoms with Gasteiger partial charge in [0.1, 0.15) is 11.9 Å². The van der Waals surface area contributed by atoms with Crippen LogP contribution in [0.15, 0.2) is 12.1 Å². The van der Waals surface area contributed by atoms with Crippen molar-refractivity contribution < 1.29 is 4.74 Å². The molecule has 1 fully saturated rings. The van der Waals surface area contributed by atoms with E-state index in [1.54, 1.807) is 0 Å². The number of nitrogens with one attached hydrogen (secondary N) is 1. The third-order valence-corrected chi connectivity index (χ3v) is 4.62. The third-order valence-electron chi connectivity index (χ3n) is 4.29. The zero-order chi connectivity index (χ0) is 15.4. The van der Waals surface area contributed by atoms with E-state index in [-0.39, 0.29) is 6.10 Å². The molecule has 1 unspecified atom stereocenters. The summed E-state index contributed by atoms with van der Waals surface area (Å²) in [5.74, 6) is 1.37. The molecule has 1 atom stereocenters. The maximum absolute atomic E-state index is 6.31. The average molecular weight is 310 g/mol. The lowest BCUT2D eigenvalue weighted by atomic mass is 10.0. The highest BCUT2D eigenvalue weighted by Crippen LogP contribution is 2.31. The van der Waals surface area contributed by atoms with E-state index in [2.05, 4.69) is 39.1 Å². The first-order chi connectivity index (χ1) is 9.97. The van der Waals surface area contributed by atoms with Gasteiger partial charge in [-0.1, -0.05) is 38.3 Å². The lowest BCUT2D eigenvalue weighted by molar-refractivity contribution is 0.210. The summed E-state index contributed by atoms with van der Waals surface area (Å²) in [4.78, 5) is 0. The molecular formula is C18H28ClNO. The SMILES string of the molecule is Cc1cc(Cl)c(C(C)C)cc1OC(C)CNC1CCCC1. The minimum absolute atomic E-state index is 0.172. The Morgan fingerprint density at radius 2 is 1.90 bits per heavy atom. The normalized spacial score (nSPS) is 17.4. The summed E-state index contributed by atoms with van der Waals surface area (Å²) >= 11 is 6.31. The Bertz CT molecular complexity index is 467. The van der Waals surface area contributed by atoms with Gasteiger partial charge in [-0.3, -0.25) is 0 Å². The maximum Gasteiger partial charge on any atom is 0.123 e. The molecule has 2 nitrogen and oxygen atoms in total. The van der Waals surface area contributed by atoms with Crippen LogP contribution in [0.3, 0.4) is 0 Å². The monoisotopic (exact) mass is 309 g/mol. The Morgan fingerprint density at radius 3 is 2.52 bits per heavy atom. The van der Waals surface area contributed by atoms with Gasteiger partial charge in [-0.05, 0) is 55.9 Å². The molecule has 21 heavy (non-hydrogen) atoms. The molecule has 0 heterocycles. The molecular weight excluding hydrogens is 282 g/mol. The highest BCUT2D eigenvalue weighted by Gasteiger charge is 2.16. The van der Waals surface area contributed by atoms with E-state index in [4.69, 9.17) is 16.3 Å². The molecule has 2 rings (SSSR count). The highest BCUT2D eigenvalue weighted by atomic mass is 35.5. The first kappa shape index (κ1) is 16.6. The molecule has 1 aliphatic carbocycles. The van der Waals surface area contributed by atoms with E-state index in [1.165, 1.54) is 25.7 Å². The van der Waals surface area contributed by atoms with Gasteiger partial charge in [-0.2, -0.15) is 0 Å². The van der Waals surface area contributed by atoms with Gasteiger partial charge in [-0.15, -0.1) is 0 Å². The summed E-state index contributed by atoms with van der Waals surface area (Å²) in [6.07, 6.45) is 5.52. The van der Waals surface area contributed by atoms with Gasteiger partial charge in [0.15, 0.2) is 0 Å². The Morgan fingerprint density at radius 1 is 1.24 bits per heavy atom. The number of hydrogen-bond donors (Lipinski definition) is 1. The van der Waals surface area contributed by atoms with Crippen LogP contribution in [-0.4, -0.2) is 18.7 Å². The summed E-state index contributed by atoms with van der Waals surface area (Å²) in [7, 11) is 0. The number of ether oxygens (including phenoxy) is 1. The van der Waals surface area contributed by atoms with Crippen LogP contribution in [0, 0.1) is 6.92 Å². The number of rotatable bonds is 6. The largest absolute Gasteiger partial charge is 0.489 e. The molecule has 0 bridgehead atoms. The molecule has 0 amide bonds. The molecule has 0 saturated heterocycles. The fraction of sp³-hybridized carbons (Fsp3) is 0.667. The van der Waals surface area contributed by atoms with E-state index in [0.717, 1.165) is 28.4 Å². The number of benzene rings is 1. The summed E-state index contributed by atoms with van der Waals surface area (Å²) in [6.45, 7) is 9.41. The summed E-state index contributed by atoms with van der Waals surface area (Å²) in [5, 5.41) is 4.46. The zero-order valence-corrected chi connectivity index (χ0v) is 14.5. The quantitative estimate of drug-likeness (QED) is 0.792. The van der Waals surface area contributed by atoms with Crippen LogP contribution >= 0.6 is 11.6 Å². The standard InChI is InChI=1S/C18H28ClNO/c1-12(2)16-10-18(13(3)9-17(16)19)21-14(4)11-20-15-7-5-6-8-15/h9-10,12,14-15,20H,5-8,11H2,1-4H3. The first-order valence-corrected chi connectivity index (χ1v) is 8.55. The summed E-state index contributed by atoms with van der Waals surface area (Å²) in [6, 6.07) is 4.81. The fourth-order valence-corrected chi connectivity index (χ4v) is 3.40. The second kappa shape index (κ2) is 7.51. The van der Waals surface area contributed by atoms with Crippen LogP contribution in [0.4, 0.5) is 0 Å². The van der Waals surface area contributed by atoms with Crippen molar-refractivity contribution in [2.24, 2.45) is 0 Å². The van der Waals surface area contributed by atoms with E-state index in [9.17, 15) is 0 Å². The summed E-state index contributed by atoms with van der Waals surface area (Å²) in [5.41, 5.74) is 2.27. The predicted octanol–water partition coefficient (Wildman–Crippen LogP) is 5.07. The molecule has 3 heteroatoms. The molecule has 0 aliphatic heterocycles. The lowest BCUT2D eigenvalue weighted by Crippen LogP contribution is -2.35. The smallest absolute Gasteiger partial charge is 0.123 e. The second-order valence-electron chi connectivity index (χ2n) is 6.61. The van der Waals surface area contributed by atoms with Crippen molar-refractivity contribution in [3.63, 3.8) is 0 Å². The van der Waals surface area contributed by atoms with Crippen molar-refractivity contribution in [2.45, 2.75) is 71.4 Å². The molecule has 1 N–H and O–H groups in total. The van der Waals surface area contributed by atoms with Gasteiger partial charge < -0.3 is 10.1 Å². The lowest BCUT2D eigenvalue weighted by Gasteiger charge is -2.21. The summed E-state index contributed by atoms with van der Waals surface area (Å²) < 4.78 is 6.13. The maximum atomic E-state index is 6.31. The molecule has 1 aromatic carbocycles. The third kappa shape index (κ3) is 4.62. The average Bonchev–Trinajstić information content (AvgIpc) is 2.92. The van der Waals surface area contributed by atoms with Crippen molar-refractivity contribution in [1.82, 2.24) is 5.32 Å². The topological polar surface area (TPSA) is 21.3 Å². The van der Waals surface area contributed by atoms with E-state index in [1.807, 2.05) is 6.07 Å². The fourth-order valence-electron chi connectivity index (χ4n) is 2.96. The van der Waals surface area contributed by atoms with Crippen molar-refractivity contribution >= 4 is 11.6 Å². The molecule has 118 valence electrons. The van der Waals surface area contributed by atoms with Crippen LogP contribution in [0.25, 0.3) is 0 Å². The Balaban J connectivity index is 1.95. The van der Waals surface area contributed by atoms with E-state index < -0.39 is 0 Å². The van der Waals surface area contributed by atoms with Gasteiger partial charge in [-0.25, -0.2) is 0 Å². The van der Waals surface area contributed by atoms with E-state index >= 15 is 0 Å². The Labute approximate surface area is 134 Å². The van der Waals surface area contributed by atoms with E-state index in [0.29, 0.717) is 12.0 Å². The van der Waals surface area contributed by atoms with Crippen LogP contribution in [0.1, 0.15) is 63.5 Å². The van der Waals surface area contributed by atoms with Gasteiger partial charge in [0.05, 0.1) is 0 Å². The van der Waals surface area contributed by atoms with Crippen molar-refractivity contribution in [1.29, 1.82) is 0 Å². The van der Waals surface area contributed by atoms with Crippen LogP contribution in [-0.2, 0) is 0 Å². The van der Waals surface area contributed by atoms with Gasteiger partial charge in [0.25, 0.3) is 0 Å². The number of hydrogen-bond acceptors (Lipinski definition) is 2. The Kier molecular flexibility index (Phi) is 5.95. The molecule has 0 spiro atoms. The minimum atomic E-state index is 0.172. The van der Waals surface area contributed by atoms with Gasteiger partial charge in [0.2, 0.25) is 0 Å².